The summed E-state index contributed by atoms with van der Waals surface area (Å²) in [6, 6.07) is 5.99. The average Bonchev–Trinajstić information content (AvgIpc) is 3.42. The number of carbonyl (C=O) groups excluding carboxylic acids is 1. The van der Waals surface area contributed by atoms with Crippen molar-refractivity contribution in [3.63, 3.8) is 0 Å². The number of amides is 1. The number of nitrogens with one attached hydrogen (secondary N) is 1. The third kappa shape index (κ3) is 3.66. The summed E-state index contributed by atoms with van der Waals surface area (Å²) >= 11 is 1.41. The Morgan fingerprint density at radius 3 is 2.54 bits per heavy atom. The zero-order chi connectivity index (χ0) is 18.1. The predicted molar refractivity (Wildman–Crippen MR) is 98.1 cm³/mol. The second-order valence-corrected chi connectivity index (χ2v) is 9.14. The second-order valence-electron chi connectivity index (χ2n) is 6.35. The summed E-state index contributed by atoms with van der Waals surface area (Å²) in [6.07, 6.45) is 2.33. The normalized spacial score (nSPS) is 18.6. The van der Waals surface area contributed by atoms with E-state index in [1.54, 1.807) is 0 Å². The van der Waals surface area contributed by atoms with E-state index < -0.39 is 10.0 Å². The van der Waals surface area contributed by atoms with Crippen LogP contribution >= 0.6 is 11.3 Å². The number of rotatable bonds is 5. The number of benzene rings is 1. The van der Waals surface area contributed by atoms with Crippen molar-refractivity contribution in [3.05, 3.63) is 40.9 Å². The Hall–Kier alpha value is -1.81. The summed E-state index contributed by atoms with van der Waals surface area (Å²) < 4.78 is 31.8. The predicted octanol–water partition coefficient (Wildman–Crippen LogP) is 2.29. The van der Waals surface area contributed by atoms with Crippen LogP contribution in [0.2, 0.25) is 0 Å². The summed E-state index contributed by atoms with van der Waals surface area (Å²) in [4.78, 5) is 17.0. The molecule has 2 aliphatic rings. The molecule has 9 heteroatoms. The number of nitrogens with zero attached hydrogens (tertiary/aromatic N) is 2. The van der Waals surface area contributed by atoms with Crippen molar-refractivity contribution in [2.75, 3.05) is 31.6 Å². The van der Waals surface area contributed by atoms with Crippen molar-refractivity contribution in [3.8, 4) is 0 Å². The topological polar surface area (TPSA) is 88.6 Å². The fraction of sp³-hybridized carbons (Fsp3) is 0.412. The molecule has 2 fully saturated rings. The van der Waals surface area contributed by atoms with Crippen LogP contribution in [0.5, 0.6) is 0 Å². The molecule has 4 rings (SSSR count). The molecular weight excluding hydrogens is 374 g/mol. The molecule has 1 N–H and O–H groups in total. The Morgan fingerprint density at radius 2 is 1.88 bits per heavy atom. The van der Waals surface area contributed by atoms with Crippen LogP contribution in [-0.2, 0) is 14.8 Å². The highest BCUT2D eigenvalue weighted by molar-refractivity contribution is 7.89. The third-order valence-electron chi connectivity index (χ3n) is 4.46. The largest absolute Gasteiger partial charge is 0.379 e. The minimum atomic E-state index is -3.55. The highest BCUT2D eigenvalue weighted by Crippen LogP contribution is 2.40. The number of hydrogen-bond acceptors (Lipinski definition) is 6. The summed E-state index contributed by atoms with van der Waals surface area (Å²) in [5, 5.41) is 5.32. The lowest BCUT2D eigenvalue weighted by Gasteiger charge is -2.26. The van der Waals surface area contributed by atoms with Gasteiger partial charge in [0.25, 0.3) is 5.91 Å². The van der Waals surface area contributed by atoms with E-state index in [9.17, 15) is 13.2 Å². The molecular formula is C17H19N3O4S2. The molecule has 0 bridgehead atoms. The Morgan fingerprint density at radius 1 is 1.19 bits per heavy atom. The van der Waals surface area contributed by atoms with Gasteiger partial charge in [-0.15, -0.1) is 11.3 Å². The Labute approximate surface area is 156 Å². The minimum absolute atomic E-state index is 0.182. The number of aromatic nitrogens is 1. The Bertz CT molecular complexity index is 898. The van der Waals surface area contributed by atoms with E-state index in [2.05, 4.69) is 10.3 Å². The van der Waals surface area contributed by atoms with Crippen LogP contribution in [0.25, 0.3) is 0 Å². The van der Waals surface area contributed by atoms with Crippen LogP contribution < -0.4 is 5.32 Å². The van der Waals surface area contributed by atoms with Gasteiger partial charge in [-0.2, -0.15) is 4.31 Å². The molecule has 1 aromatic carbocycles. The molecule has 1 aliphatic carbocycles. The molecule has 26 heavy (non-hydrogen) atoms. The maximum absolute atomic E-state index is 12.6. The quantitative estimate of drug-likeness (QED) is 0.842. The molecule has 138 valence electrons. The summed E-state index contributed by atoms with van der Waals surface area (Å²) in [5.74, 6) is 0.249. The van der Waals surface area contributed by atoms with Gasteiger partial charge in [-0.05, 0) is 37.1 Å². The molecule has 1 aliphatic heterocycles. The number of hydrogen-bond donors (Lipinski definition) is 1. The van der Waals surface area contributed by atoms with E-state index in [-0.39, 0.29) is 10.8 Å². The maximum atomic E-state index is 12.6. The minimum Gasteiger partial charge on any atom is -0.379 e. The number of anilines is 1. The molecule has 0 radical (unpaired) electrons. The lowest BCUT2D eigenvalue weighted by atomic mass is 10.2. The molecule has 1 amide bonds. The number of ether oxygens (including phenoxy) is 1. The molecule has 0 atom stereocenters. The van der Waals surface area contributed by atoms with Gasteiger partial charge in [-0.1, -0.05) is 0 Å². The van der Waals surface area contributed by atoms with E-state index in [1.807, 2.05) is 5.38 Å². The summed E-state index contributed by atoms with van der Waals surface area (Å²) in [5.41, 5.74) is 1.44. The summed E-state index contributed by atoms with van der Waals surface area (Å²) in [6.45, 7) is 1.49. The SMILES string of the molecule is O=C(Nc1nc(C2CC2)cs1)c1ccc(S(=O)(=O)N2CCOCC2)cc1. The molecule has 7 nitrogen and oxygen atoms in total. The highest BCUT2D eigenvalue weighted by Gasteiger charge is 2.27. The van der Waals surface area contributed by atoms with Gasteiger partial charge in [-0.25, -0.2) is 13.4 Å². The van der Waals surface area contributed by atoms with E-state index in [0.29, 0.717) is 42.9 Å². The standard InChI is InChI=1S/C17H19N3O4S2/c21-16(19-17-18-15(11-25-17)12-1-2-12)13-3-5-14(6-4-13)26(22,23)20-7-9-24-10-8-20/h3-6,11-12H,1-2,7-10H2,(H,18,19,21). The molecule has 0 unspecified atom stereocenters. The molecule has 1 saturated carbocycles. The fourth-order valence-electron chi connectivity index (χ4n) is 2.79. The zero-order valence-corrected chi connectivity index (χ0v) is 15.7. The number of morpholine rings is 1. The van der Waals surface area contributed by atoms with Crippen molar-refractivity contribution < 1.29 is 17.9 Å². The lowest BCUT2D eigenvalue weighted by Crippen LogP contribution is -2.40. The van der Waals surface area contributed by atoms with Gasteiger partial charge in [0.2, 0.25) is 10.0 Å². The van der Waals surface area contributed by atoms with Crippen molar-refractivity contribution in [2.45, 2.75) is 23.7 Å². The van der Waals surface area contributed by atoms with Gasteiger partial charge >= 0.3 is 0 Å². The second kappa shape index (κ2) is 7.07. The van der Waals surface area contributed by atoms with Crippen molar-refractivity contribution >= 4 is 32.4 Å². The zero-order valence-electron chi connectivity index (χ0n) is 14.1. The van der Waals surface area contributed by atoms with Crippen molar-refractivity contribution in [2.24, 2.45) is 0 Å². The van der Waals surface area contributed by atoms with E-state index in [0.717, 1.165) is 18.5 Å². The molecule has 1 aromatic heterocycles. The van der Waals surface area contributed by atoms with E-state index in [4.69, 9.17) is 4.74 Å². The Balaban J connectivity index is 1.45. The number of sulfonamides is 1. The number of carbonyl (C=O) groups is 1. The van der Waals surface area contributed by atoms with E-state index in [1.165, 1.54) is 39.9 Å². The van der Waals surface area contributed by atoms with Crippen LogP contribution in [0.15, 0.2) is 34.5 Å². The van der Waals surface area contributed by atoms with Gasteiger partial charge in [0.15, 0.2) is 5.13 Å². The van der Waals surface area contributed by atoms with Crippen LogP contribution in [0.4, 0.5) is 5.13 Å². The first-order valence-corrected chi connectivity index (χ1v) is 10.8. The van der Waals surface area contributed by atoms with Gasteiger partial charge in [0, 0.05) is 30.0 Å². The van der Waals surface area contributed by atoms with E-state index >= 15 is 0 Å². The van der Waals surface area contributed by atoms with Gasteiger partial charge in [0.1, 0.15) is 0 Å². The van der Waals surface area contributed by atoms with Crippen LogP contribution in [0, 0.1) is 0 Å². The Kier molecular flexibility index (Phi) is 4.78. The van der Waals surface area contributed by atoms with Crippen LogP contribution in [-0.4, -0.2) is 49.9 Å². The fourth-order valence-corrected chi connectivity index (χ4v) is 4.99. The monoisotopic (exact) mass is 393 g/mol. The first-order chi connectivity index (χ1) is 12.5. The van der Waals surface area contributed by atoms with Gasteiger partial charge in [-0.3, -0.25) is 10.1 Å². The lowest BCUT2D eigenvalue weighted by molar-refractivity contribution is 0.0730. The highest BCUT2D eigenvalue weighted by atomic mass is 32.2. The third-order valence-corrected chi connectivity index (χ3v) is 7.15. The van der Waals surface area contributed by atoms with Crippen molar-refractivity contribution in [1.82, 2.24) is 9.29 Å². The summed E-state index contributed by atoms with van der Waals surface area (Å²) in [7, 11) is -3.55. The molecule has 2 aromatic rings. The molecule has 0 spiro atoms. The first kappa shape index (κ1) is 17.6. The van der Waals surface area contributed by atoms with Crippen LogP contribution in [0.1, 0.15) is 34.8 Å². The van der Waals surface area contributed by atoms with Crippen molar-refractivity contribution in [1.29, 1.82) is 0 Å². The van der Waals surface area contributed by atoms with Crippen LogP contribution in [0.3, 0.4) is 0 Å². The first-order valence-electron chi connectivity index (χ1n) is 8.49. The van der Waals surface area contributed by atoms with Gasteiger partial charge in [0.05, 0.1) is 23.8 Å². The average molecular weight is 393 g/mol. The molecule has 1 saturated heterocycles. The van der Waals surface area contributed by atoms with Gasteiger partial charge < -0.3 is 4.74 Å². The smallest absolute Gasteiger partial charge is 0.257 e. The number of thiazole rings is 1. The molecule has 2 heterocycles. The maximum Gasteiger partial charge on any atom is 0.257 e.